The molecule has 0 saturated heterocycles. The van der Waals surface area contributed by atoms with Crippen LogP contribution < -0.4 is 0 Å². The number of ketones is 1. The molecule has 148 valence electrons. The van der Waals surface area contributed by atoms with E-state index in [2.05, 4.69) is 16.7 Å². The molecule has 2 saturated carbocycles. The Labute approximate surface area is 166 Å². The van der Waals surface area contributed by atoms with Crippen molar-refractivity contribution in [2.75, 3.05) is 6.61 Å². The first kappa shape index (κ1) is 19.0. The maximum Gasteiger partial charge on any atom is 0.306 e. The molecule has 2 aromatic rings. The van der Waals surface area contributed by atoms with E-state index < -0.39 is 0 Å². The van der Waals surface area contributed by atoms with Gasteiger partial charge < -0.3 is 9.30 Å². The molecule has 0 aliphatic heterocycles. The van der Waals surface area contributed by atoms with Crippen LogP contribution in [0.25, 0.3) is 0 Å². The molecule has 2 fully saturated rings. The van der Waals surface area contributed by atoms with Gasteiger partial charge in [-0.2, -0.15) is 0 Å². The normalized spacial score (nSPS) is 23.1. The van der Waals surface area contributed by atoms with Crippen molar-refractivity contribution >= 4 is 11.8 Å². The summed E-state index contributed by atoms with van der Waals surface area (Å²) in [5.41, 5.74) is 3.82. The second-order valence-corrected chi connectivity index (χ2v) is 8.58. The number of Topliss-reactive ketones (excluding diaryl/α,β-unsaturated/α-hetero) is 1. The van der Waals surface area contributed by atoms with Crippen LogP contribution in [0.5, 0.6) is 0 Å². The molecule has 1 aromatic carbocycles. The second-order valence-electron chi connectivity index (χ2n) is 8.58. The molecule has 0 amide bonds. The van der Waals surface area contributed by atoms with Crippen LogP contribution in [-0.2, 0) is 16.1 Å². The molecule has 2 aliphatic carbocycles. The van der Waals surface area contributed by atoms with Crippen molar-refractivity contribution in [2.24, 2.45) is 17.8 Å². The summed E-state index contributed by atoms with van der Waals surface area (Å²) < 4.78 is 7.49. The minimum absolute atomic E-state index is 0.117. The third kappa shape index (κ3) is 3.91. The van der Waals surface area contributed by atoms with Crippen LogP contribution in [0.2, 0.25) is 0 Å². The highest BCUT2D eigenvalue weighted by Crippen LogP contribution is 2.49. The summed E-state index contributed by atoms with van der Waals surface area (Å²) in [6.07, 6.45) is 5.50. The van der Waals surface area contributed by atoms with Crippen molar-refractivity contribution in [3.05, 3.63) is 58.9 Å². The van der Waals surface area contributed by atoms with E-state index in [1.54, 1.807) is 0 Å². The lowest BCUT2D eigenvalue weighted by molar-refractivity contribution is -0.144. The summed E-state index contributed by atoms with van der Waals surface area (Å²) in [5.74, 6) is 1.65. The minimum Gasteiger partial charge on any atom is -0.457 e. The summed E-state index contributed by atoms with van der Waals surface area (Å²) >= 11 is 0. The Bertz CT molecular complexity index is 867. The molecule has 3 atom stereocenters. The summed E-state index contributed by atoms with van der Waals surface area (Å²) in [6, 6.07) is 12.1. The summed E-state index contributed by atoms with van der Waals surface area (Å²) in [6.45, 7) is 4.54. The fraction of sp³-hybridized carbons (Fsp3) is 0.500. The van der Waals surface area contributed by atoms with E-state index in [-0.39, 0.29) is 18.4 Å². The summed E-state index contributed by atoms with van der Waals surface area (Å²) in [4.78, 5) is 24.9. The molecule has 4 heteroatoms. The predicted octanol–water partition coefficient (Wildman–Crippen LogP) is 4.71. The first-order chi connectivity index (χ1) is 13.5. The number of hydrogen-bond donors (Lipinski definition) is 0. The topological polar surface area (TPSA) is 48.3 Å². The summed E-state index contributed by atoms with van der Waals surface area (Å²) in [5, 5.41) is 0. The molecular formula is C24H29NO3. The molecule has 2 aliphatic rings. The van der Waals surface area contributed by atoms with Gasteiger partial charge in [-0.25, -0.2) is 0 Å². The number of aromatic nitrogens is 1. The average Bonchev–Trinajstić information content (AvgIpc) is 3.38. The van der Waals surface area contributed by atoms with E-state index in [1.807, 2.05) is 38.1 Å². The number of fused-ring (bicyclic) bond motifs is 2. The van der Waals surface area contributed by atoms with Crippen LogP contribution in [-0.4, -0.2) is 22.9 Å². The fourth-order valence-electron chi connectivity index (χ4n) is 5.22. The van der Waals surface area contributed by atoms with Crippen molar-refractivity contribution < 1.29 is 14.3 Å². The van der Waals surface area contributed by atoms with Gasteiger partial charge >= 0.3 is 5.97 Å². The van der Waals surface area contributed by atoms with Crippen LogP contribution in [0.4, 0.5) is 0 Å². The molecule has 0 unspecified atom stereocenters. The van der Waals surface area contributed by atoms with Gasteiger partial charge in [0.15, 0.2) is 6.61 Å². The van der Waals surface area contributed by atoms with Crippen molar-refractivity contribution in [1.82, 2.24) is 4.57 Å². The van der Waals surface area contributed by atoms with E-state index in [1.165, 1.54) is 24.8 Å². The van der Waals surface area contributed by atoms with E-state index >= 15 is 0 Å². The van der Waals surface area contributed by atoms with E-state index in [0.29, 0.717) is 23.8 Å². The molecule has 0 radical (unpaired) electrons. The van der Waals surface area contributed by atoms with Gasteiger partial charge in [-0.05, 0) is 62.5 Å². The van der Waals surface area contributed by atoms with E-state index in [0.717, 1.165) is 30.3 Å². The molecule has 0 spiro atoms. The quantitative estimate of drug-likeness (QED) is 0.517. The monoisotopic (exact) mass is 379 g/mol. The SMILES string of the molecule is Cc1cc(C(=O)COC(=O)C[C@H]2C[C@@H]3CC[C@@H]2C3)c(C)n1Cc1ccccc1. The molecule has 1 aromatic heterocycles. The van der Waals surface area contributed by atoms with Crippen LogP contribution in [0, 0.1) is 31.6 Å². The largest absolute Gasteiger partial charge is 0.457 e. The first-order valence-corrected chi connectivity index (χ1v) is 10.4. The Hall–Kier alpha value is -2.36. The number of esters is 1. The zero-order chi connectivity index (χ0) is 19.7. The van der Waals surface area contributed by atoms with Gasteiger partial charge in [0.2, 0.25) is 5.78 Å². The van der Waals surface area contributed by atoms with Gasteiger partial charge in [-0.3, -0.25) is 9.59 Å². The molecule has 1 heterocycles. The van der Waals surface area contributed by atoms with Crippen LogP contribution in [0.1, 0.15) is 59.4 Å². The maximum atomic E-state index is 12.7. The van der Waals surface area contributed by atoms with Crippen LogP contribution in [0.3, 0.4) is 0 Å². The second kappa shape index (κ2) is 7.94. The lowest BCUT2D eigenvalue weighted by atomic mass is 9.86. The lowest BCUT2D eigenvalue weighted by Crippen LogP contribution is -2.20. The maximum absolute atomic E-state index is 12.7. The van der Waals surface area contributed by atoms with E-state index in [9.17, 15) is 9.59 Å². The Morgan fingerprint density at radius 3 is 2.57 bits per heavy atom. The van der Waals surface area contributed by atoms with Crippen LogP contribution in [0.15, 0.2) is 36.4 Å². The van der Waals surface area contributed by atoms with Gasteiger partial charge in [0.05, 0.1) is 0 Å². The van der Waals surface area contributed by atoms with Crippen LogP contribution >= 0.6 is 0 Å². The highest BCUT2D eigenvalue weighted by molar-refractivity contribution is 5.99. The summed E-state index contributed by atoms with van der Waals surface area (Å²) in [7, 11) is 0. The number of hydrogen-bond acceptors (Lipinski definition) is 3. The first-order valence-electron chi connectivity index (χ1n) is 10.4. The minimum atomic E-state index is -0.219. The molecule has 28 heavy (non-hydrogen) atoms. The number of benzene rings is 1. The fourth-order valence-corrected chi connectivity index (χ4v) is 5.22. The van der Waals surface area contributed by atoms with E-state index in [4.69, 9.17) is 4.74 Å². The van der Waals surface area contributed by atoms with Gasteiger partial charge in [0.25, 0.3) is 0 Å². The Morgan fingerprint density at radius 1 is 1.11 bits per heavy atom. The zero-order valence-electron chi connectivity index (χ0n) is 16.8. The number of carbonyl (C=O) groups excluding carboxylic acids is 2. The smallest absolute Gasteiger partial charge is 0.306 e. The molecule has 0 N–H and O–H groups in total. The van der Waals surface area contributed by atoms with Crippen molar-refractivity contribution in [3.63, 3.8) is 0 Å². The highest BCUT2D eigenvalue weighted by atomic mass is 16.5. The average molecular weight is 380 g/mol. The lowest BCUT2D eigenvalue weighted by Gasteiger charge is -2.20. The number of aryl methyl sites for hydroxylation is 1. The molecular weight excluding hydrogens is 350 g/mol. The zero-order valence-corrected chi connectivity index (χ0v) is 16.8. The van der Waals surface area contributed by atoms with Gasteiger partial charge in [0.1, 0.15) is 0 Å². The van der Waals surface area contributed by atoms with Gasteiger partial charge in [-0.1, -0.05) is 36.8 Å². The third-order valence-electron chi connectivity index (χ3n) is 6.74. The standard InChI is InChI=1S/C24H29NO3/c1-16-10-22(17(2)25(16)14-18-6-4-3-5-7-18)23(26)15-28-24(27)13-21-12-19-8-9-20(21)11-19/h3-7,10,19-21H,8-9,11-15H2,1-2H3/t19-,20-,21-/m1/s1. The molecule has 2 bridgehead atoms. The third-order valence-corrected chi connectivity index (χ3v) is 6.74. The number of carbonyl (C=O) groups is 2. The van der Waals surface area contributed by atoms with Crippen molar-refractivity contribution in [2.45, 2.75) is 52.5 Å². The Kier molecular flexibility index (Phi) is 5.38. The van der Waals surface area contributed by atoms with Crippen molar-refractivity contribution in [3.8, 4) is 0 Å². The molecule has 4 nitrogen and oxygen atoms in total. The number of ether oxygens (including phenoxy) is 1. The Balaban J connectivity index is 1.34. The van der Waals surface area contributed by atoms with Gasteiger partial charge in [-0.15, -0.1) is 0 Å². The van der Waals surface area contributed by atoms with Gasteiger partial charge in [0, 0.05) is 29.9 Å². The molecule has 4 rings (SSSR count). The van der Waals surface area contributed by atoms with Crippen molar-refractivity contribution in [1.29, 1.82) is 0 Å². The number of rotatable bonds is 7. The number of nitrogens with zero attached hydrogens (tertiary/aromatic N) is 1. The highest BCUT2D eigenvalue weighted by Gasteiger charge is 2.40. The Morgan fingerprint density at radius 2 is 1.89 bits per heavy atom. The predicted molar refractivity (Wildman–Crippen MR) is 108 cm³/mol.